The van der Waals surface area contributed by atoms with Crippen LogP contribution < -0.4 is 0 Å². The van der Waals surface area contributed by atoms with Crippen molar-refractivity contribution in [1.29, 1.82) is 0 Å². The van der Waals surface area contributed by atoms with Crippen LogP contribution in [-0.2, 0) is 21.7 Å². The van der Waals surface area contributed by atoms with Crippen LogP contribution in [0, 0.1) is 0 Å². The van der Waals surface area contributed by atoms with E-state index in [0.29, 0.717) is 0 Å². The summed E-state index contributed by atoms with van der Waals surface area (Å²) in [5.74, 6) is 0. The molecule has 0 saturated heterocycles. The molecule has 2 nitrogen and oxygen atoms in total. The number of hydrogen-bond donors (Lipinski definition) is 0. The van der Waals surface area contributed by atoms with E-state index in [1.807, 2.05) is 0 Å². The molecule has 0 bridgehead atoms. The van der Waals surface area contributed by atoms with Crippen LogP contribution in [0.4, 0.5) is 0 Å². The maximum absolute atomic E-state index is 2.53. The van der Waals surface area contributed by atoms with Crippen molar-refractivity contribution in [3.05, 3.63) is 502 Å². The van der Waals surface area contributed by atoms with Crippen molar-refractivity contribution in [2.75, 3.05) is 0 Å². The smallest absolute Gasteiger partial charge is 0.0713 e. The molecule has 2 heterocycles. The van der Waals surface area contributed by atoms with E-state index < -0.39 is 10.8 Å². The second-order valence-electron chi connectivity index (χ2n) is 35.0. The summed E-state index contributed by atoms with van der Waals surface area (Å²) in [6, 6.07) is 156. The van der Waals surface area contributed by atoms with Crippen molar-refractivity contribution in [3.8, 4) is 89.3 Å². The fourth-order valence-corrected chi connectivity index (χ4v) is 22.1. The minimum atomic E-state index is -0.648. The molecule has 0 N–H and O–H groups in total. The molecular formula is C120H84N2. The molecule has 24 rings (SSSR count). The molecule has 20 aromatic rings. The number of nitrogens with zero attached hydrogens (tertiary/aromatic N) is 2. The Balaban J connectivity index is 0.549. The van der Waals surface area contributed by atoms with Crippen molar-refractivity contribution >= 4 is 67.9 Å². The number of hydrogen-bond acceptors (Lipinski definition) is 0. The standard InChI is InChI=1S/C120H84N2/c1-117(2)105-37-21-17-33-93(105)95-65-59-91(75-107(95)117)121-113-39-23-19-35-101(113)103-69-79(49-67-115(103)121)43-41-77-45-51-81(52-46-77)83-55-61-97-99-63-57-85(73-111(99)119(109(97)71-83,87-25-9-5-10-26-87)88-27-11-6-12-28-88)86-58-64-100-98-62-56-84(72-110(98)120(112(100)74-86,89-29-13-7-14-30-89)90-31-15-8-16-32-90)82-53-47-78(48-54-82)42-44-80-50-68-116-104(70-80)102-36-20-24-40-114(102)122(116)92-60-66-96-94-34-18-22-38-106(94)118(3,4)108(96)76-92/h5-76H,1-4H3/b43-41+,44-42+. The first kappa shape index (κ1) is 71.2. The lowest BCUT2D eigenvalue weighted by molar-refractivity contribution is 0.660. The Labute approximate surface area is 712 Å². The Morgan fingerprint density at radius 1 is 0.180 bits per heavy atom. The minimum Gasteiger partial charge on any atom is -0.309 e. The monoisotopic (exact) mass is 1550 g/mol. The van der Waals surface area contributed by atoms with Crippen molar-refractivity contribution < 1.29 is 0 Å². The lowest BCUT2D eigenvalue weighted by Crippen LogP contribution is -2.29. The third kappa shape index (κ3) is 10.6. The second kappa shape index (κ2) is 27.3. The predicted molar refractivity (Wildman–Crippen MR) is 512 cm³/mol. The van der Waals surface area contributed by atoms with Crippen LogP contribution in [0.3, 0.4) is 0 Å². The molecule has 4 aliphatic carbocycles. The van der Waals surface area contributed by atoms with Crippen LogP contribution in [0.5, 0.6) is 0 Å². The summed E-state index contributed by atoms with van der Waals surface area (Å²) in [4.78, 5) is 0. The summed E-state index contributed by atoms with van der Waals surface area (Å²) in [5.41, 5.74) is 43.3. The van der Waals surface area contributed by atoms with E-state index in [9.17, 15) is 0 Å². The first-order valence-electron chi connectivity index (χ1n) is 42.9. The number of rotatable bonds is 13. The van der Waals surface area contributed by atoms with Crippen molar-refractivity contribution in [3.63, 3.8) is 0 Å². The lowest BCUT2D eigenvalue weighted by atomic mass is 9.66. The Bertz CT molecular complexity index is 7220. The number of para-hydroxylation sites is 2. The highest BCUT2D eigenvalue weighted by Crippen LogP contribution is 2.61. The van der Waals surface area contributed by atoms with E-state index in [1.165, 1.54) is 200 Å². The average molecular weight is 1550 g/mol. The number of benzene rings is 18. The van der Waals surface area contributed by atoms with E-state index in [4.69, 9.17) is 0 Å². The molecule has 0 amide bonds. The molecule has 0 saturated carbocycles. The molecule has 574 valence electrons. The molecule has 18 aromatic carbocycles. The van der Waals surface area contributed by atoms with E-state index >= 15 is 0 Å². The van der Waals surface area contributed by atoms with E-state index in [0.717, 1.165) is 22.3 Å². The topological polar surface area (TPSA) is 9.86 Å². The van der Waals surface area contributed by atoms with Gasteiger partial charge in [-0.05, 0) is 252 Å². The van der Waals surface area contributed by atoms with Gasteiger partial charge < -0.3 is 9.13 Å². The summed E-state index contributed by atoms with van der Waals surface area (Å²) in [6.07, 6.45) is 9.04. The fourth-order valence-electron chi connectivity index (χ4n) is 22.1. The predicted octanol–water partition coefficient (Wildman–Crippen LogP) is 30.6. The molecule has 0 radical (unpaired) electrons. The van der Waals surface area contributed by atoms with Gasteiger partial charge in [0.15, 0.2) is 0 Å². The van der Waals surface area contributed by atoms with Crippen LogP contribution >= 0.6 is 0 Å². The molecule has 0 unspecified atom stereocenters. The minimum absolute atomic E-state index is 0.0891. The molecule has 0 fully saturated rings. The molecule has 2 heteroatoms. The maximum Gasteiger partial charge on any atom is 0.0713 e. The zero-order chi connectivity index (χ0) is 81.2. The summed E-state index contributed by atoms with van der Waals surface area (Å²) < 4.78 is 4.91. The molecule has 0 atom stereocenters. The third-order valence-electron chi connectivity index (χ3n) is 27.9. The van der Waals surface area contributed by atoms with E-state index in [2.05, 4.69) is 474 Å². The van der Waals surface area contributed by atoms with Crippen LogP contribution in [0.2, 0.25) is 0 Å². The highest BCUT2D eigenvalue weighted by molar-refractivity contribution is 6.12. The Kier molecular flexibility index (Phi) is 15.9. The van der Waals surface area contributed by atoms with Crippen LogP contribution in [0.25, 0.3) is 157 Å². The number of fused-ring (bicyclic) bond motifs is 18. The van der Waals surface area contributed by atoms with Gasteiger partial charge in [0.1, 0.15) is 0 Å². The zero-order valence-electron chi connectivity index (χ0n) is 68.5. The largest absolute Gasteiger partial charge is 0.309 e. The maximum atomic E-state index is 2.53. The van der Waals surface area contributed by atoms with Gasteiger partial charge in [-0.25, -0.2) is 0 Å². The summed E-state index contributed by atoms with van der Waals surface area (Å²) in [6.45, 7) is 9.45. The Morgan fingerprint density at radius 2 is 0.443 bits per heavy atom. The third-order valence-corrected chi connectivity index (χ3v) is 27.9. The fraction of sp³-hybridized carbons (Fsp3) is 0.0667. The molecular weight excluding hydrogens is 1470 g/mol. The van der Waals surface area contributed by atoms with Crippen molar-refractivity contribution in [2.24, 2.45) is 0 Å². The van der Waals surface area contributed by atoms with Gasteiger partial charge >= 0.3 is 0 Å². The van der Waals surface area contributed by atoms with Crippen molar-refractivity contribution in [1.82, 2.24) is 9.13 Å². The summed E-state index contributed by atoms with van der Waals surface area (Å²) in [5, 5.41) is 4.99. The van der Waals surface area contributed by atoms with Gasteiger partial charge in [0.05, 0.1) is 32.9 Å². The first-order chi connectivity index (χ1) is 60.0. The molecule has 0 aliphatic heterocycles. The SMILES string of the molecule is CC1(C)c2ccccc2-c2ccc(-n3c4ccccc4c4cc(/C=C/c5ccc(-c6ccc7c(c6)C(c6ccccc6)(c6ccccc6)c6cc(-c8ccc9c(c8)C(c8ccccc8)(c8ccccc8)c8cc(-c%10ccc(/C=C/c%11ccc%12c(c%11)c%11ccccc%11n%12-c%11ccc%12c(c%11)C(C)(C)c%11ccccc%11-%12)cc%10)ccc8-9)ccc6-7)cc5)ccc43)cc21. The lowest BCUT2D eigenvalue weighted by Gasteiger charge is -2.35. The Hall–Kier alpha value is -15.0. The molecule has 2 aromatic heterocycles. The Morgan fingerprint density at radius 3 is 0.803 bits per heavy atom. The van der Waals surface area contributed by atoms with Gasteiger partial charge in [-0.3, -0.25) is 0 Å². The highest BCUT2D eigenvalue weighted by atomic mass is 15.0. The van der Waals surface area contributed by atoms with E-state index in [1.54, 1.807) is 0 Å². The van der Waals surface area contributed by atoms with Crippen LogP contribution in [0.1, 0.15) is 117 Å². The summed E-state index contributed by atoms with van der Waals surface area (Å²) >= 11 is 0. The quantitative estimate of drug-likeness (QED) is 0.102. The van der Waals surface area contributed by atoms with Crippen LogP contribution in [0.15, 0.2) is 413 Å². The van der Waals surface area contributed by atoms with Crippen LogP contribution in [-0.4, -0.2) is 9.13 Å². The van der Waals surface area contributed by atoms with Gasteiger partial charge in [0.25, 0.3) is 0 Å². The highest BCUT2D eigenvalue weighted by Gasteiger charge is 2.49. The normalized spacial score (nSPS) is 14.4. The van der Waals surface area contributed by atoms with Gasteiger partial charge in [-0.2, -0.15) is 0 Å². The zero-order valence-corrected chi connectivity index (χ0v) is 68.5. The van der Waals surface area contributed by atoms with Gasteiger partial charge in [-0.15, -0.1) is 0 Å². The van der Waals surface area contributed by atoms with E-state index in [-0.39, 0.29) is 10.8 Å². The van der Waals surface area contributed by atoms with Gasteiger partial charge in [0, 0.05) is 43.7 Å². The molecule has 4 aliphatic rings. The molecule has 0 spiro atoms. The van der Waals surface area contributed by atoms with Gasteiger partial charge in [0.2, 0.25) is 0 Å². The first-order valence-corrected chi connectivity index (χ1v) is 42.9. The second-order valence-corrected chi connectivity index (χ2v) is 35.0. The van der Waals surface area contributed by atoms with Gasteiger partial charge in [-0.1, -0.05) is 380 Å². The molecule has 122 heavy (non-hydrogen) atoms. The number of aromatic nitrogens is 2. The van der Waals surface area contributed by atoms with Crippen molar-refractivity contribution in [2.45, 2.75) is 49.4 Å². The summed E-state index contributed by atoms with van der Waals surface area (Å²) in [7, 11) is 0. The average Bonchev–Trinajstić information content (AvgIpc) is 1.53.